The van der Waals surface area contributed by atoms with E-state index in [1.165, 1.54) is 12.1 Å². The fourth-order valence-electron chi connectivity index (χ4n) is 1.60. The van der Waals surface area contributed by atoms with Gasteiger partial charge in [-0.1, -0.05) is 30.3 Å². The van der Waals surface area contributed by atoms with Gasteiger partial charge < -0.3 is 10.5 Å². The van der Waals surface area contributed by atoms with Crippen LogP contribution in [0.25, 0.3) is 0 Å². The quantitative estimate of drug-likeness (QED) is 0.844. The summed E-state index contributed by atoms with van der Waals surface area (Å²) in [5, 5.41) is 0. The van der Waals surface area contributed by atoms with Gasteiger partial charge in [-0.3, -0.25) is 0 Å². The van der Waals surface area contributed by atoms with Crippen LogP contribution in [0, 0.1) is 11.6 Å². The van der Waals surface area contributed by atoms with Gasteiger partial charge >= 0.3 is 0 Å². The van der Waals surface area contributed by atoms with E-state index in [1.54, 1.807) is 30.3 Å². The van der Waals surface area contributed by atoms with Crippen LogP contribution in [-0.2, 0) is 18.0 Å². The number of halogens is 2. The molecule has 2 rings (SSSR count). The van der Waals surface area contributed by atoms with Crippen molar-refractivity contribution in [1.82, 2.24) is 0 Å². The second-order valence-corrected chi connectivity index (χ2v) is 3.90. The van der Waals surface area contributed by atoms with Crippen LogP contribution in [0.5, 0.6) is 0 Å². The third-order valence-corrected chi connectivity index (χ3v) is 2.58. The summed E-state index contributed by atoms with van der Waals surface area (Å²) >= 11 is 0. The average molecular weight is 249 g/mol. The molecule has 0 saturated heterocycles. The molecule has 2 aromatic carbocycles. The van der Waals surface area contributed by atoms with Crippen LogP contribution in [0.15, 0.2) is 42.5 Å². The van der Waals surface area contributed by atoms with Gasteiger partial charge in [-0.25, -0.2) is 8.78 Å². The number of rotatable bonds is 4. The molecule has 4 heteroatoms. The molecule has 18 heavy (non-hydrogen) atoms. The Morgan fingerprint density at radius 2 is 1.56 bits per heavy atom. The van der Waals surface area contributed by atoms with Crippen molar-refractivity contribution < 1.29 is 13.5 Å². The first-order valence-corrected chi connectivity index (χ1v) is 5.52. The molecule has 0 bridgehead atoms. The first-order chi connectivity index (χ1) is 8.68. The molecule has 0 aliphatic heterocycles. The van der Waals surface area contributed by atoms with Gasteiger partial charge in [0.2, 0.25) is 0 Å². The van der Waals surface area contributed by atoms with Crippen molar-refractivity contribution in [1.29, 1.82) is 0 Å². The predicted octanol–water partition coefficient (Wildman–Crippen LogP) is 3.26. The normalized spacial score (nSPS) is 10.6. The number of hydrogen-bond donors (Lipinski definition) is 1. The summed E-state index contributed by atoms with van der Waals surface area (Å²) in [7, 11) is 0. The first kappa shape index (κ1) is 12.5. The zero-order chi connectivity index (χ0) is 13.0. The molecule has 0 spiro atoms. The van der Waals surface area contributed by atoms with Crippen molar-refractivity contribution in [3.63, 3.8) is 0 Å². The molecule has 0 atom stereocenters. The Morgan fingerprint density at radius 1 is 0.889 bits per heavy atom. The summed E-state index contributed by atoms with van der Waals surface area (Å²) in [5.41, 5.74) is 6.34. The van der Waals surface area contributed by atoms with Crippen LogP contribution in [-0.4, -0.2) is 0 Å². The summed E-state index contributed by atoms with van der Waals surface area (Å²) in [6.45, 7) is 0.159. The fraction of sp³-hybridized carbons (Fsp3) is 0.143. The van der Waals surface area contributed by atoms with Crippen LogP contribution in [0.1, 0.15) is 11.1 Å². The monoisotopic (exact) mass is 249 g/mol. The minimum absolute atomic E-state index is 0.0607. The summed E-state index contributed by atoms with van der Waals surface area (Å²) in [5.74, 6) is -0.809. The van der Waals surface area contributed by atoms with Crippen LogP contribution in [0.3, 0.4) is 0 Å². The van der Waals surface area contributed by atoms with Gasteiger partial charge in [0.1, 0.15) is 5.82 Å². The summed E-state index contributed by atoms with van der Waals surface area (Å²) < 4.78 is 32.1. The first-order valence-electron chi connectivity index (χ1n) is 5.52. The van der Waals surface area contributed by atoms with E-state index in [-0.39, 0.29) is 24.7 Å². The molecule has 94 valence electrons. The lowest BCUT2D eigenvalue weighted by atomic mass is 10.2. The smallest absolute Gasteiger partial charge is 0.151 e. The van der Waals surface area contributed by atoms with Gasteiger partial charge in [0, 0.05) is 11.1 Å². The van der Waals surface area contributed by atoms with Gasteiger partial charge in [0.25, 0.3) is 0 Å². The van der Waals surface area contributed by atoms with Crippen molar-refractivity contribution in [2.75, 3.05) is 5.73 Å². The molecule has 2 nitrogen and oxygen atoms in total. The molecule has 0 saturated carbocycles. The third-order valence-electron chi connectivity index (χ3n) is 2.58. The number of anilines is 1. The second kappa shape index (κ2) is 5.60. The molecule has 0 aliphatic carbocycles. The predicted molar refractivity (Wildman–Crippen MR) is 65.7 cm³/mol. The summed E-state index contributed by atoms with van der Waals surface area (Å²) in [6.07, 6.45) is 0. The van der Waals surface area contributed by atoms with E-state index in [4.69, 9.17) is 10.5 Å². The Kier molecular flexibility index (Phi) is 3.89. The Labute approximate surface area is 104 Å². The highest BCUT2D eigenvalue weighted by molar-refractivity contribution is 5.42. The Balaban J connectivity index is 1.97. The Hall–Kier alpha value is -1.94. The number of hydrogen-bond acceptors (Lipinski definition) is 2. The number of nitrogen functional groups attached to an aromatic ring is 1. The molecule has 0 aromatic heterocycles. The minimum atomic E-state index is -0.481. The molecule has 0 heterocycles. The lowest BCUT2D eigenvalue weighted by Crippen LogP contribution is -2.01. The van der Waals surface area contributed by atoms with Gasteiger partial charge in [0.15, 0.2) is 5.82 Å². The minimum Gasteiger partial charge on any atom is -0.396 e. The van der Waals surface area contributed by atoms with Crippen LogP contribution in [0.2, 0.25) is 0 Å². The van der Waals surface area contributed by atoms with Crippen LogP contribution < -0.4 is 5.73 Å². The zero-order valence-corrected chi connectivity index (χ0v) is 9.70. The molecule has 0 amide bonds. The molecule has 0 aliphatic rings. The fourth-order valence-corrected chi connectivity index (χ4v) is 1.60. The van der Waals surface area contributed by atoms with Crippen molar-refractivity contribution in [3.05, 3.63) is 65.2 Å². The van der Waals surface area contributed by atoms with E-state index < -0.39 is 5.82 Å². The third kappa shape index (κ3) is 2.84. The molecule has 0 fully saturated rings. The van der Waals surface area contributed by atoms with Crippen molar-refractivity contribution >= 4 is 5.69 Å². The highest BCUT2D eigenvalue weighted by Crippen LogP contribution is 2.16. The molecule has 0 unspecified atom stereocenters. The lowest BCUT2D eigenvalue weighted by Gasteiger charge is -2.07. The average Bonchev–Trinajstić information content (AvgIpc) is 2.37. The summed E-state index contributed by atoms with van der Waals surface area (Å²) in [4.78, 5) is 0. The molecule has 2 N–H and O–H groups in total. The number of benzene rings is 2. The van der Waals surface area contributed by atoms with Crippen molar-refractivity contribution in [2.45, 2.75) is 13.2 Å². The number of ether oxygens (including phenoxy) is 1. The molecular weight excluding hydrogens is 236 g/mol. The molecule has 2 aromatic rings. The topological polar surface area (TPSA) is 35.2 Å². The van der Waals surface area contributed by atoms with Gasteiger partial charge in [-0.2, -0.15) is 0 Å². The maximum absolute atomic E-state index is 13.5. The van der Waals surface area contributed by atoms with Gasteiger partial charge in [-0.05, 0) is 12.1 Å². The number of nitrogens with two attached hydrogens (primary N) is 1. The van der Waals surface area contributed by atoms with E-state index in [0.717, 1.165) is 0 Å². The second-order valence-electron chi connectivity index (χ2n) is 3.90. The molecular formula is C14H13F2NO. The SMILES string of the molecule is Nc1cccc(COCc2ccccc2F)c1F. The van der Waals surface area contributed by atoms with E-state index in [1.807, 2.05) is 0 Å². The van der Waals surface area contributed by atoms with E-state index in [0.29, 0.717) is 11.1 Å². The largest absolute Gasteiger partial charge is 0.396 e. The van der Waals surface area contributed by atoms with Gasteiger partial charge in [-0.15, -0.1) is 0 Å². The highest BCUT2D eigenvalue weighted by Gasteiger charge is 2.06. The van der Waals surface area contributed by atoms with Crippen molar-refractivity contribution in [2.24, 2.45) is 0 Å². The highest BCUT2D eigenvalue weighted by atomic mass is 19.1. The van der Waals surface area contributed by atoms with Gasteiger partial charge in [0.05, 0.1) is 18.9 Å². The zero-order valence-electron chi connectivity index (χ0n) is 9.70. The standard InChI is InChI=1S/C14H13F2NO/c15-12-6-2-1-4-10(12)8-18-9-11-5-3-7-13(17)14(11)16/h1-7H,8-9,17H2. The molecule has 0 radical (unpaired) electrons. The maximum atomic E-state index is 13.5. The van der Waals surface area contributed by atoms with E-state index in [2.05, 4.69) is 0 Å². The summed E-state index contributed by atoms with van der Waals surface area (Å²) in [6, 6.07) is 11.0. The Morgan fingerprint density at radius 3 is 2.33 bits per heavy atom. The Bertz CT molecular complexity index is 543. The van der Waals surface area contributed by atoms with E-state index >= 15 is 0 Å². The van der Waals surface area contributed by atoms with E-state index in [9.17, 15) is 8.78 Å². The van der Waals surface area contributed by atoms with Crippen LogP contribution >= 0.6 is 0 Å². The maximum Gasteiger partial charge on any atom is 0.151 e. The lowest BCUT2D eigenvalue weighted by molar-refractivity contribution is 0.102. The van der Waals surface area contributed by atoms with Crippen molar-refractivity contribution in [3.8, 4) is 0 Å². The van der Waals surface area contributed by atoms with Crippen LogP contribution in [0.4, 0.5) is 14.5 Å².